The van der Waals surface area contributed by atoms with Crippen LogP contribution in [0.5, 0.6) is 0 Å². The minimum atomic E-state index is 0.277. The van der Waals surface area contributed by atoms with Crippen LogP contribution in [-0.2, 0) is 4.79 Å². The molecule has 0 atom stereocenters. The van der Waals surface area contributed by atoms with Crippen LogP contribution in [0.2, 0.25) is 5.32 Å². The molecule has 0 spiro atoms. The standard InChI is InChI=1S/C25H50OSe/c1-3-5-7-9-11-13-15-17-19-21-23-25(26)27-24-22-20-18-16-14-12-10-8-6-4-2/h3-24H2,1-2H3. The summed E-state index contributed by atoms with van der Waals surface area (Å²) in [5, 5.41) is 1.19. The van der Waals surface area contributed by atoms with Crippen molar-refractivity contribution < 1.29 is 4.79 Å². The molecule has 0 saturated carbocycles. The number of carbonyl (C=O) groups excluding carboxylic acids is 1. The van der Waals surface area contributed by atoms with E-state index in [4.69, 9.17) is 0 Å². The first-order chi connectivity index (χ1) is 13.3. The van der Waals surface area contributed by atoms with E-state index in [2.05, 4.69) is 13.8 Å². The summed E-state index contributed by atoms with van der Waals surface area (Å²) in [6, 6.07) is 0. The molecular formula is C25H50OSe. The van der Waals surface area contributed by atoms with E-state index in [-0.39, 0.29) is 15.0 Å². The summed E-state index contributed by atoms with van der Waals surface area (Å²) in [6.45, 7) is 4.56. The third-order valence-electron chi connectivity index (χ3n) is 5.50. The molecule has 0 aromatic carbocycles. The molecule has 0 saturated heterocycles. The maximum atomic E-state index is 12.0. The molecule has 0 aliphatic rings. The first-order valence-corrected chi connectivity index (χ1v) is 14.5. The normalized spacial score (nSPS) is 11.2. The molecule has 162 valence electrons. The van der Waals surface area contributed by atoms with Crippen LogP contribution in [0, 0.1) is 0 Å². The molecule has 0 aliphatic heterocycles. The predicted octanol–water partition coefficient (Wildman–Crippen LogP) is 8.87. The van der Waals surface area contributed by atoms with E-state index in [0.29, 0.717) is 4.68 Å². The molecule has 0 aliphatic carbocycles. The average molecular weight is 446 g/mol. The summed E-state index contributed by atoms with van der Waals surface area (Å²) in [4.78, 5) is 12.0. The van der Waals surface area contributed by atoms with E-state index < -0.39 is 0 Å². The summed E-state index contributed by atoms with van der Waals surface area (Å²) in [5.41, 5.74) is 0. The fourth-order valence-corrected chi connectivity index (χ4v) is 5.42. The molecule has 27 heavy (non-hydrogen) atoms. The van der Waals surface area contributed by atoms with Gasteiger partial charge in [0.2, 0.25) is 0 Å². The van der Waals surface area contributed by atoms with Gasteiger partial charge in [0.25, 0.3) is 0 Å². The van der Waals surface area contributed by atoms with E-state index >= 15 is 0 Å². The quantitative estimate of drug-likeness (QED) is 0.113. The monoisotopic (exact) mass is 446 g/mol. The second-order valence-corrected chi connectivity index (χ2v) is 10.8. The average Bonchev–Trinajstić information content (AvgIpc) is 2.67. The second-order valence-electron chi connectivity index (χ2n) is 8.33. The van der Waals surface area contributed by atoms with Gasteiger partial charge in [-0.2, -0.15) is 0 Å². The number of unbranched alkanes of at least 4 members (excludes halogenated alkanes) is 18. The smallest absolute Gasteiger partial charge is 0.0654 e. The maximum absolute atomic E-state index is 12.0. The van der Waals surface area contributed by atoms with Gasteiger partial charge in [0.15, 0.2) is 0 Å². The third kappa shape index (κ3) is 24.2. The Hall–Kier alpha value is 0.189. The van der Waals surface area contributed by atoms with Gasteiger partial charge >= 0.3 is 172 Å². The first kappa shape index (κ1) is 27.2. The molecule has 0 amide bonds. The van der Waals surface area contributed by atoms with Crippen molar-refractivity contribution in [1.29, 1.82) is 0 Å². The molecule has 0 radical (unpaired) electrons. The van der Waals surface area contributed by atoms with Crippen LogP contribution in [0.4, 0.5) is 0 Å². The van der Waals surface area contributed by atoms with Gasteiger partial charge in [-0.05, 0) is 0 Å². The molecule has 1 nitrogen and oxygen atoms in total. The number of rotatable bonds is 23. The van der Waals surface area contributed by atoms with Crippen molar-refractivity contribution in [2.24, 2.45) is 0 Å². The van der Waals surface area contributed by atoms with Gasteiger partial charge in [-0.25, -0.2) is 0 Å². The van der Waals surface area contributed by atoms with Crippen LogP contribution >= 0.6 is 0 Å². The van der Waals surface area contributed by atoms with Crippen LogP contribution < -0.4 is 0 Å². The van der Waals surface area contributed by atoms with E-state index in [9.17, 15) is 4.79 Å². The van der Waals surface area contributed by atoms with Crippen LogP contribution in [0.25, 0.3) is 0 Å². The summed E-state index contributed by atoms with van der Waals surface area (Å²) in [5.74, 6) is 0. The van der Waals surface area contributed by atoms with Gasteiger partial charge in [0.05, 0.1) is 0 Å². The van der Waals surface area contributed by atoms with Crippen molar-refractivity contribution in [2.75, 3.05) is 0 Å². The van der Waals surface area contributed by atoms with Crippen molar-refractivity contribution >= 4 is 19.6 Å². The number of hydrogen-bond donors (Lipinski definition) is 0. The molecule has 0 aromatic rings. The zero-order valence-electron chi connectivity index (χ0n) is 18.9. The molecule has 0 N–H and O–H groups in total. The van der Waals surface area contributed by atoms with Crippen LogP contribution in [0.15, 0.2) is 0 Å². The van der Waals surface area contributed by atoms with E-state index in [1.54, 1.807) is 0 Å². The predicted molar refractivity (Wildman–Crippen MR) is 124 cm³/mol. The Balaban J connectivity index is 3.13. The van der Waals surface area contributed by atoms with E-state index in [1.165, 1.54) is 127 Å². The van der Waals surface area contributed by atoms with Gasteiger partial charge in [-0.3, -0.25) is 0 Å². The summed E-state index contributed by atoms with van der Waals surface area (Å²) >= 11 is 0.277. The molecule has 0 heterocycles. The number of hydrogen-bond acceptors (Lipinski definition) is 1. The molecule has 0 bridgehead atoms. The molecule has 0 fully saturated rings. The van der Waals surface area contributed by atoms with Crippen LogP contribution in [-0.4, -0.2) is 19.6 Å². The Labute approximate surface area is 178 Å². The van der Waals surface area contributed by atoms with Crippen molar-refractivity contribution in [2.45, 2.75) is 154 Å². The van der Waals surface area contributed by atoms with Gasteiger partial charge in [-0.15, -0.1) is 0 Å². The molecular weight excluding hydrogens is 395 g/mol. The Bertz CT molecular complexity index is 290. The van der Waals surface area contributed by atoms with Gasteiger partial charge < -0.3 is 0 Å². The molecule has 0 aromatic heterocycles. The topological polar surface area (TPSA) is 17.1 Å². The van der Waals surface area contributed by atoms with Crippen LogP contribution in [0.3, 0.4) is 0 Å². The summed E-state index contributed by atoms with van der Waals surface area (Å²) in [7, 11) is 0. The minimum absolute atomic E-state index is 0.277. The fraction of sp³-hybridized carbons (Fsp3) is 0.960. The van der Waals surface area contributed by atoms with Gasteiger partial charge in [-0.1, -0.05) is 6.92 Å². The fourth-order valence-electron chi connectivity index (χ4n) is 3.60. The van der Waals surface area contributed by atoms with Crippen molar-refractivity contribution in [3.05, 3.63) is 0 Å². The summed E-state index contributed by atoms with van der Waals surface area (Å²) < 4.78 is 0.581. The van der Waals surface area contributed by atoms with Crippen LogP contribution in [0.1, 0.15) is 149 Å². The number of carbonyl (C=O) groups is 1. The molecule has 2 heteroatoms. The SMILES string of the molecule is CCCCCCCCCCCC[Se]C(=O)CCCCCCCCCCCC. The Morgan fingerprint density at radius 3 is 1.22 bits per heavy atom. The Morgan fingerprint density at radius 1 is 0.481 bits per heavy atom. The van der Waals surface area contributed by atoms with Crippen molar-refractivity contribution in [1.82, 2.24) is 0 Å². The van der Waals surface area contributed by atoms with Crippen molar-refractivity contribution in [3.8, 4) is 0 Å². The van der Waals surface area contributed by atoms with Gasteiger partial charge in [0, 0.05) is 0 Å². The van der Waals surface area contributed by atoms with Crippen molar-refractivity contribution in [3.63, 3.8) is 0 Å². The summed E-state index contributed by atoms with van der Waals surface area (Å²) in [6.07, 6.45) is 28.3. The molecule has 0 unspecified atom stereocenters. The Morgan fingerprint density at radius 2 is 0.815 bits per heavy atom. The second kappa shape index (κ2) is 24.2. The Kier molecular flexibility index (Phi) is 24.4. The minimum Gasteiger partial charge on any atom is -0.0654 e. The van der Waals surface area contributed by atoms with Gasteiger partial charge in [0.1, 0.15) is 0 Å². The zero-order valence-corrected chi connectivity index (χ0v) is 20.6. The van der Waals surface area contributed by atoms with E-state index in [0.717, 1.165) is 12.8 Å². The third-order valence-corrected chi connectivity index (χ3v) is 7.63. The van der Waals surface area contributed by atoms with E-state index in [1.807, 2.05) is 0 Å². The zero-order chi connectivity index (χ0) is 19.8. The molecule has 0 rings (SSSR count). The first-order valence-electron chi connectivity index (χ1n) is 12.5.